The van der Waals surface area contributed by atoms with Crippen molar-refractivity contribution in [2.75, 3.05) is 6.54 Å². The van der Waals surface area contributed by atoms with Crippen molar-refractivity contribution in [2.45, 2.75) is 33.0 Å². The Balaban J connectivity index is 2.24. The van der Waals surface area contributed by atoms with Crippen LogP contribution < -0.4 is 5.32 Å². The monoisotopic (exact) mass is 262 g/mol. The SMILES string of the molecule is CC(C)N(CC(=O)O)C(=O)c1ccc2c(c1)CNC2. The van der Waals surface area contributed by atoms with E-state index >= 15 is 0 Å². The molecule has 0 aliphatic carbocycles. The van der Waals surface area contributed by atoms with Gasteiger partial charge in [-0.15, -0.1) is 0 Å². The van der Waals surface area contributed by atoms with Crippen molar-refractivity contribution < 1.29 is 14.7 Å². The molecule has 1 heterocycles. The van der Waals surface area contributed by atoms with E-state index in [1.807, 2.05) is 26.0 Å². The van der Waals surface area contributed by atoms with Crippen LogP contribution in [0.15, 0.2) is 18.2 Å². The van der Waals surface area contributed by atoms with Gasteiger partial charge in [0.05, 0.1) is 0 Å². The molecule has 0 fully saturated rings. The van der Waals surface area contributed by atoms with Gasteiger partial charge in [-0.05, 0) is 37.1 Å². The van der Waals surface area contributed by atoms with Gasteiger partial charge in [0.2, 0.25) is 0 Å². The summed E-state index contributed by atoms with van der Waals surface area (Å²) in [6.07, 6.45) is 0. The van der Waals surface area contributed by atoms with Gasteiger partial charge in [0.15, 0.2) is 0 Å². The average molecular weight is 262 g/mol. The smallest absolute Gasteiger partial charge is 0.323 e. The maximum atomic E-state index is 12.4. The lowest BCUT2D eigenvalue weighted by atomic mass is 10.1. The Hall–Kier alpha value is -1.88. The molecule has 102 valence electrons. The van der Waals surface area contributed by atoms with Gasteiger partial charge in [0.1, 0.15) is 6.54 Å². The number of fused-ring (bicyclic) bond motifs is 1. The van der Waals surface area contributed by atoms with E-state index in [1.165, 1.54) is 10.5 Å². The van der Waals surface area contributed by atoms with E-state index in [-0.39, 0.29) is 18.5 Å². The number of carboxylic acid groups (broad SMARTS) is 1. The Morgan fingerprint density at radius 3 is 2.63 bits per heavy atom. The molecule has 0 aromatic heterocycles. The van der Waals surface area contributed by atoms with Crippen molar-refractivity contribution in [3.63, 3.8) is 0 Å². The van der Waals surface area contributed by atoms with Crippen LogP contribution in [0.3, 0.4) is 0 Å². The predicted molar refractivity (Wildman–Crippen MR) is 70.8 cm³/mol. The van der Waals surface area contributed by atoms with Crippen LogP contribution in [0, 0.1) is 0 Å². The molecule has 0 atom stereocenters. The quantitative estimate of drug-likeness (QED) is 0.856. The zero-order chi connectivity index (χ0) is 14.0. The van der Waals surface area contributed by atoms with Crippen molar-refractivity contribution >= 4 is 11.9 Å². The fraction of sp³-hybridized carbons (Fsp3) is 0.429. The van der Waals surface area contributed by atoms with E-state index in [0.29, 0.717) is 5.56 Å². The molecule has 1 aliphatic heterocycles. The molecule has 2 rings (SSSR count). The summed E-state index contributed by atoms with van der Waals surface area (Å²) >= 11 is 0. The minimum absolute atomic E-state index is 0.144. The van der Waals surface area contributed by atoms with E-state index in [9.17, 15) is 9.59 Å². The van der Waals surface area contributed by atoms with E-state index in [4.69, 9.17) is 5.11 Å². The summed E-state index contributed by atoms with van der Waals surface area (Å²) < 4.78 is 0. The molecule has 5 heteroatoms. The number of hydrogen-bond acceptors (Lipinski definition) is 3. The van der Waals surface area contributed by atoms with Crippen molar-refractivity contribution in [2.24, 2.45) is 0 Å². The normalized spacial score (nSPS) is 13.4. The summed E-state index contributed by atoms with van der Waals surface area (Å²) in [6, 6.07) is 5.41. The molecule has 1 aromatic rings. The van der Waals surface area contributed by atoms with Crippen molar-refractivity contribution in [1.29, 1.82) is 0 Å². The second kappa shape index (κ2) is 5.40. The number of rotatable bonds is 4. The maximum Gasteiger partial charge on any atom is 0.323 e. The van der Waals surface area contributed by atoms with Gasteiger partial charge in [-0.3, -0.25) is 9.59 Å². The van der Waals surface area contributed by atoms with Gasteiger partial charge in [0, 0.05) is 24.7 Å². The lowest BCUT2D eigenvalue weighted by molar-refractivity contribution is -0.138. The van der Waals surface area contributed by atoms with Crippen LogP contribution in [0.2, 0.25) is 0 Å². The molecular weight excluding hydrogens is 244 g/mol. The molecule has 0 saturated heterocycles. The Morgan fingerprint density at radius 2 is 2.00 bits per heavy atom. The fourth-order valence-corrected chi connectivity index (χ4v) is 2.23. The van der Waals surface area contributed by atoms with Crippen molar-refractivity contribution in [3.05, 3.63) is 34.9 Å². The second-order valence-corrected chi connectivity index (χ2v) is 5.01. The molecule has 19 heavy (non-hydrogen) atoms. The molecule has 0 unspecified atom stereocenters. The molecule has 1 aliphatic rings. The number of aliphatic carboxylic acids is 1. The first kappa shape index (κ1) is 13.5. The molecular formula is C14H18N2O3. The number of nitrogens with zero attached hydrogens (tertiary/aromatic N) is 1. The number of carboxylic acids is 1. The fourth-order valence-electron chi connectivity index (χ4n) is 2.23. The van der Waals surface area contributed by atoms with E-state index < -0.39 is 5.97 Å². The Morgan fingerprint density at radius 1 is 1.32 bits per heavy atom. The molecule has 1 aromatic carbocycles. The first-order valence-electron chi connectivity index (χ1n) is 6.34. The standard InChI is InChI=1S/C14H18N2O3/c1-9(2)16(8-13(17)18)14(19)10-3-4-11-6-15-7-12(11)5-10/h3-5,9,15H,6-8H2,1-2H3,(H,17,18). The highest BCUT2D eigenvalue weighted by Crippen LogP contribution is 2.18. The number of amides is 1. The summed E-state index contributed by atoms with van der Waals surface area (Å²) in [6.45, 7) is 4.95. The minimum atomic E-state index is -0.995. The number of benzene rings is 1. The third kappa shape index (κ3) is 2.93. The minimum Gasteiger partial charge on any atom is -0.480 e. The molecule has 0 bridgehead atoms. The average Bonchev–Trinajstić information content (AvgIpc) is 2.81. The zero-order valence-corrected chi connectivity index (χ0v) is 11.1. The summed E-state index contributed by atoms with van der Waals surface area (Å²) in [5.74, 6) is -1.23. The van der Waals surface area contributed by atoms with Gasteiger partial charge < -0.3 is 15.3 Å². The third-order valence-electron chi connectivity index (χ3n) is 3.27. The number of carbonyl (C=O) groups is 2. The van der Waals surface area contributed by atoms with Gasteiger partial charge in [-0.25, -0.2) is 0 Å². The van der Waals surface area contributed by atoms with Crippen LogP contribution >= 0.6 is 0 Å². The van der Waals surface area contributed by atoms with Crippen LogP contribution in [0.5, 0.6) is 0 Å². The number of nitrogens with one attached hydrogen (secondary N) is 1. The largest absolute Gasteiger partial charge is 0.480 e. The first-order valence-corrected chi connectivity index (χ1v) is 6.34. The highest BCUT2D eigenvalue weighted by atomic mass is 16.4. The summed E-state index contributed by atoms with van der Waals surface area (Å²) in [7, 11) is 0. The third-order valence-corrected chi connectivity index (χ3v) is 3.27. The number of carbonyl (C=O) groups excluding carboxylic acids is 1. The van der Waals surface area contributed by atoms with Crippen LogP contribution in [0.4, 0.5) is 0 Å². The van der Waals surface area contributed by atoms with Gasteiger partial charge in [0.25, 0.3) is 5.91 Å². The molecule has 0 radical (unpaired) electrons. The number of hydrogen-bond donors (Lipinski definition) is 2. The highest BCUT2D eigenvalue weighted by molar-refractivity contribution is 5.96. The molecule has 0 saturated carbocycles. The van der Waals surface area contributed by atoms with Crippen LogP contribution in [-0.2, 0) is 17.9 Å². The molecule has 1 amide bonds. The van der Waals surface area contributed by atoms with Gasteiger partial charge >= 0.3 is 5.97 Å². The van der Waals surface area contributed by atoms with E-state index in [1.54, 1.807) is 6.07 Å². The molecule has 5 nitrogen and oxygen atoms in total. The van der Waals surface area contributed by atoms with E-state index in [0.717, 1.165) is 18.7 Å². The maximum absolute atomic E-state index is 12.4. The lowest BCUT2D eigenvalue weighted by Crippen LogP contribution is -2.40. The zero-order valence-electron chi connectivity index (χ0n) is 11.1. The summed E-state index contributed by atoms with van der Waals surface area (Å²) in [4.78, 5) is 24.6. The van der Waals surface area contributed by atoms with Gasteiger partial charge in [-0.2, -0.15) is 0 Å². The molecule has 2 N–H and O–H groups in total. The Bertz CT molecular complexity index is 511. The lowest BCUT2D eigenvalue weighted by Gasteiger charge is -2.25. The highest BCUT2D eigenvalue weighted by Gasteiger charge is 2.22. The first-order chi connectivity index (χ1) is 8.99. The van der Waals surface area contributed by atoms with Crippen LogP contribution in [-0.4, -0.2) is 34.5 Å². The van der Waals surface area contributed by atoms with E-state index in [2.05, 4.69) is 5.32 Å². The van der Waals surface area contributed by atoms with Crippen LogP contribution in [0.25, 0.3) is 0 Å². The van der Waals surface area contributed by atoms with Crippen LogP contribution in [0.1, 0.15) is 35.3 Å². The Labute approximate surface area is 112 Å². The summed E-state index contributed by atoms with van der Waals surface area (Å²) in [5.41, 5.74) is 2.87. The second-order valence-electron chi connectivity index (χ2n) is 5.01. The van der Waals surface area contributed by atoms with Gasteiger partial charge in [-0.1, -0.05) is 6.07 Å². The topological polar surface area (TPSA) is 69.6 Å². The molecule has 0 spiro atoms. The van der Waals surface area contributed by atoms with Crippen molar-refractivity contribution in [1.82, 2.24) is 10.2 Å². The van der Waals surface area contributed by atoms with Crippen molar-refractivity contribution in [3.8, 4) is 0 Å². The predicted octanol–water partition coefficient (Wildman–Crippen LogP) is 1.23. The Kier molecular flexibility index (Phi) is 3.85. The summed E-state index contributed by atoms with van der Waals surface area (Å²) in [5, 5.41) is 12.1.